The summed E-state index contributed by atoms with van der Waals surface area (Å²) in [6.07, 6.45) is 3.11. The normalized spacial score (nSPS) is 17.8. The van der Waals surface area contributed by atoms with Crippen LogP contribution >= 0.6 is 0 Å². The fourth-order valence-electron chi connectivity index (χ4n) is 2.94. The van der Waals surface area contributed by atoms with Crippen molar-refractivity contribution in [3.63, 3.8) is 0 Å². The maximum atomic E-state index is 12.4. The fraction of sp³-hybridized carbons (Fsp3) is 0.263. The zero-order chi connectivity index (χ0) is 16.1. The summed E-state index contributed by atoms with van der Waals surface area (Å²) >= 11 is 0. The Balaban J connectivity index is 1.77. The molecule has 118 valence electrons. The van der Waals surface area contributed by atoms with E-state index in [2.05, 4.69) is 0 Å². The molecule has 2 aromatic carbocycles. The van der Waals surface area contributed by atoms with E-state index < -0.39 is 0 Å². The van der Waals surface area contributed by atoms with Gasteiger partial charge in [0.2, 0.25) is 5.91 Å². The standard InChI is InChI=1S/C19H19NO3/c21-13-15-7-4-5-11-18(15)23-14-17-10-6-12-19(22)20(17)16-8-2-1-3-9-16/h1-5,7-9,11,13,17H,6,10,12,14H2. The molecule has 23 heavy (non-hydrogen) atoms. The van der Waals surface area contributed by atoms with Gasteiger partial charge in [-0.25, -0.2) is 0 Å². The minimum Gasteiger partial charge on any atom is -0.491 e. The molecule has 1 atom stereocenters. The number of amides is 1. The second-order valence-electron chi connectivity index (χ2n) is 5.61. The third-order valence-corrected chi connectivity index (χ3v) is 4.07. The van der Waals surface area contributed by atoms with Gasteiger partial charge in [-0.3, -0.25) is 9.59 Å². The van der Waals surface area contributed by atoms with Crippen molar-refractivity contribution in [2.24, 2.45) is 0 Å². The van der Waals surface area contributed by atoms with Crippen LogP contribution in [0.15, 0.2) is 54.6 Å². The Morgan fingerprint density at radius 3 is 2.61 bits per heavy atom. The molecule has 1 unspecified atom stereocenters. The molecule has 0 radical (unpaired) electrons. The highest BCUT2D eigenvalue weighted by Crippen LogP contribution is 2.26. The summed E-state index contributed by atoms with van der Waals surface area (Å²) in [5, 5.41) is 0. The van der Waals surface area contributed by atoms with Crippen molar-refractivity contribution in [1.29, 1.82) is 0 Å². The number of ether oxygens (including phenoxy) is 1. The van der Waals surface area contributed by atoms with Crippen molar-refractivity contribution in [3.05, 3.63) is 60.2 Å². The van der Waals surface area contributed by atoms with Crippen molar-refractivity contribution in [1.82, 2.24) is 0 Å². The Bertz CT molecular complexity index is 684. The van der Waals surface area contributed by atoms with Crippen LogP contribution in [0.3, 0.4) is 0 Å². The quantitative estimate of drug-likeness (QED) is 0.795. The SMILES string of the molecule is O=Cc1ccccc1OCC1CCCC(=O)N1c1ccccc1. The number of carbonyl (C=O) groups is 2. The predicted molar refractivity (Wildman–Crippen MR) is 88.9 cm³/mol. The molecule has 1 fully saturated rings. The molecule has 0 bridgehead atoms. The lowest BCUT2D eigenvalue weighted by molar-refractivity contribution is -0.120. The maximum absolute atomic E-state index is 12.4. The lowest BCUT2D eigenvalue weighted by Gasteiger charge is -2.35. The largest absolute Gasteiger partial charge is 0.491 e. The van der Waals surface area contributed by atoms with Gasteiger partial charge in [-0.1, -0.05) is 30.3 Å². The van der Waals surface area contributed by atoms with Gasteiger partial charge >= 0.3 is 0 Å². The van der Waals surface area contributed by atoms with E-state index in [1.807, 2.05) is 41.3 Å². The zero-order valence-electron chi connectivity index (χ0n) is 12.9. The fourth-order valence-corrected chi connectivity index (χ4v) is 2.94. The summed E-state index contributed by atoms with van der Waals surface area (Å²) in [6, 6.07) is 16.8. The lowest BCUT2D eigenvalue weighted by Crippen LogP contribution is -2.47. The lowest BCUT2D eigenvalue weighted by atomic mass is 10.0. The van der Waals surface area contributed by atoms with Gasteiger partial charge < -0.3 is 9.64 Å². The molecule has 0 aliphatic carbocycles. The van der Waals surface area contributed by atoms with Gasteiger partial charge in [-0.2, -0.15) is 0 Å². The van der Waals surface area contributed by atoms with Gasteiger partial charge in [0.05, 0.1) is 11.6 Å². The Morgan fingerprint density at radius 1 is 1.09 bits per heavy atom. The maximum Gasteiger partial charge on any atom is 0.227 e. The molecule has 4 nitrogen and oxygen atoms in total. The van der Waals surface area contributed by atoms with E-state index in [1.165, 1.54) is 0 Å². The van der Waals surface area contributed by atoms with Crippen molar-refractivity contribution in [3.8, 4) is 5.75 Å². The number of anilines is 1. The molecule has 1 aliphatic rings. The highest BCUT2D eigenvalue weighted by atomic mass is 16.5. The number of aldehydes is 1. The van der Waals surface area contributed by atoms with Gasteiger partial charge in [0, 0.05) is 12.1 Å². The second kappa shape index (κ2) is 7.09. The van der Waals surface area contributed by atoms with Crippen LogP contribution in [0, 0.1) is 0 Å². The molecule has 2 aromatic rings. The first-order valence-corrected chi connectivity index (χ1v) is 7.83. The highest BCUT2D eigenvalue weighted by Gasteiger charge is 2.29. The Labute approximate surface area is 135 Å². The van der Waals surface area contributed by atoms with E-state index >= 15 is 0 Å². The molecule has 0 aromatic heterocycles. The molecule has 0 saturated carbocycles. The number of carbonyl (C=O) groups excluding carboxylic acids is 2. The monoisotopic (exact) mass is 309 g/mol. The van der Waals surface area contributed by atoms with Crippen molar-refractivity contribution in [2.75, 3.05) is 11.5 Å². The van der Waals surface area contributed by atoms with Crippen LogP contribution < -0.4 is 9.64 Å². The number of benzene rings is 2. The molecule has 1 aliphatic heterocycles. The smallest absolute Gasteiger partial charge is 0.227 e. The van der Waals surface area contributed by atoms with Crippen LogP contribution in [0.25, 0.3) is 0 Å². The summed E-state index contributed by atoms with van der Waals surface area (Å²) in [7, 11) is 0. The topological polar surface area (TPSA) is 46.6 Å². The van der Waals surface area contributed by atoms with Crippen LogP contribution in [-0.2, 0) is 4.79 Å². The minimum atomic E-state index is -0.0154. The highest BCUT2D eigenvalue weighted by molar-refractivity contribution is 5.94. The van der Waals surface area contributed by atoms with Crippen LogP contribution in [-0.4, -0.2) is 24.8 Å². The molecular weight excluding hydrogens is 290 g/mol. The van der Waals surface area contributed by atoms with E-state index in [1.54, 1.807) is 18.2 Å². The molecule has 1 heterocycles. The van der Waals surface area contributed by atoms with Crippen molar-refractivity contribution < 1.29 is 14.3 Å². The first-order valence-electron chi connectivity index (χ1n) is 7.83. The molecule has 1 amide bonds. The van der Waals surface area contributed by atoms with E-state index in [0.29, 0.717) is 24.3 Å². The minimum absolute atomic E-state index is 0.0154. The van der Waals surface area contributed by atoms with E-state index in [9.17, 15) is 9.59 Å². The molecule has 0 N–H and O–H groups in total. The van der Waals surface area contributed by atoms with Gasteiger partial charge in [-0.15, -0.1) is 0 Å². The van der Waals surface area contributed by atoms with Crippen molar-refractivity contribution in [2.45, 2.75) is 25.3 Å². The summed E-state index contributed by atoms with van der Waals surface area (Å²) < 4.78 is 5.84. The van der Waals surface area contributed by atoms with E-state index in [-0.39, 0.29) is 11.9 Å². The zero-order valence-corrected chi connectivity index (χ0v) is 12.9. The number of hydrogen-bond acceptors (Lipinski definition) is 3. The Hall–Kier alpha value is -2.62. The molecule has 1 saturated heterocycles. The average Bonchev–Trinajstić information content (AvgIpc) is 2.61. The van der Waals surface area contributed by atoms with Gasteiger partial charge in [0.1, 0.15) is 12.4 Å². The summed E-state index contributed by atoms with van der Waals surface area (Å²) in [5.74, 6) is 0.688. The van der Waals surface area contributed by atoms with Crippen LogP contribution in [0.5, 0.6) is 5.75 Å². The molecular formula is C19H19NO3. The first kappa shape index (κ1) is 15.3. The van der Waals surface area contributed by atoms with Gasteiger partial charge in [0.15, 0.2) is 6.29 Å². The summed E-state index contributed by atoms with van der Waals surface area (Å²) in [4.78, 5) is 25.3. The Morgan fingerprint density at radius 2 is 1.83 bits per heavy atom. The number of piperidine rings is 1. The molecule has 4 heteroatoms. The summed E-state index contributed by atoms with van der Waals surface area (Å²) in [5.41, 5.74) is 1.43. The number of para-hydroxylation sites is 2. The van der Waals surface area contributed by atoms with Gasteiger partial charge in [-0.05, 0) is 37.1 Å². The second-order valence-corrected chi connectivity index (χ2v) is 5.61. The van der Waals surface area contributed by atoms with Crippen LogP contribution in [0.4, 0.5) is 5.69 Å². The Kier molecular flexibility index (Phi) is 4.71. The third-order valence-electron chi connectivity index (χ3n) is 4.07. The first-order chi connectivity index (χ1) is 11.3. The number of hydrogen-bond donors (Lipinski definition) is 0. The van der Waals surface area contributed by atoms with Crippen LogP contribution in [0.2, 0.25) is 0 Å². The predicted octanol–water partition coefficient (Wildman–Crippen LogP) is 3.46. The number of rotatable bonds is 5. The van der Waals surface area contributed by atoms with E-state index in [4.69, 9.17) is 4.74 Å². The number of nitrogens with zero attached hydrogens (tertiary/aromatic N) is 1. The molecule has 3 rings (SSSR count). The third kappa shape index (κ3) is 3.42. The van der Waals surface area contributed by atoms with Crippen LogP contribution in [0.1, 0.15) is 29.6 Å². The molecule has 0 spiro atoms. The summed E-state index contributed by atoms with van der Waals surface area (Å²) in [6.45, 7) is 0.380. The van der Waals surface area contributed by atoms with E-state index in [0.717, 1.165) is 24.8 Å². The average molecular weight is 309 g/mol. The van der Waals surface area contributed by atoms with Crippen molar-refractivity contribution >= 4 is 17.9 Å². The van der Waals surface area contributed by atoms with Gasteiger partial charge in [0.25, 0.3) is 0 Å².